The summed E-state index contributed by atoms with van der Waals surface area (Å²) < 4.78 is 5.18. The number of halogens is 1. The monoisotopic (exact) mass is 467 g/mol. The van der Waals surface area contributed by atoms with Crippen LogP contribution in [-0.4, -0.2) is 64.7 Å². The molecule has 2 amide bonds. The summed E-state index contributed by atoms with van der Waals surface area (Å²) in [5.41, 5.74) is 3.25. The summed E-state index contributed by atoms with van der Waals surface area (Å²) in [6, 6.07) is 12.4. The minimum atomic E-state index is -0.330. The van der Waals surface area contributed by atoms with Crippen molar-refractivity contribution in [2.24, 2.45) is 0 Å². The van der Waals surface area contributed by atoms with Crippen molar-refractivity contribution >= 4 is 34.5 Å². The van der Waals surface area contributed by atoms with Gasteiger partial charge in [0.2, 0.25) is 0 Å². The van der Waals surface area contributed by atoms with Gasteiger partial charge >= 0.3 is 6.09 Å². The van der Waals surface area contributed by atoms with E-state index in [-0.39, 0.29) is 17.7 Å². The normalized spacial score (nSPS) is 13.9. The Balaban J connectivity index is 1.54. The fraction of sp³-hybridized carbons (Fsp3) is 0.320. The molecule has 1 aromatic heterocycles. The summed E-state index contributed by atoms with van der Waals surface area (Å²) >= 11 is 6.50. The molecule has 0 aliphatic carbocycles. The Hall–Kier alpha value is -3.32. The van der Waals surface area contributed by atoms with Crippen LogP contribution < -0.4 is 0 Å². The summed E-state index contributed by atoms with van der Waals surface area (Å²) in [4.78, 5) is 33.2. The third-order valence-corrected chi connectivity index (χ3v) is 6.08. The van der Waals surface area contributed by atoms with Crippen molar-refractivity contribution in [3.8, 4) is 17.0 Å². The third kappa shape index (κ3) is 4.88. The minimum absolute atomic E-state index is 0.116. The van der Waals surface area contributed by atoms with Crippen LogP contribution in [0.25, 0.3) is 22.2 Å². The fourth-order valence-electron chi connectivity index (χ4n) is 3.79. The molecule has 1 fully saturated rings. The van der Waals surface area contributed by atoms with Gasteiger partial charge in [0, 0.05) is 42.7 Å². The van der Waals surface area contributed by atoms with E-state index in [1.54, 1.807) is 40.1 Å². The molecule has 8 heteroatoms. The number of aromatic hydroxyl groups is 1. The van der Waals surface area contributed by atoms with E-state index in [1.807, 2.05) is 26.0 Å². The molecule has 1 saturated heterocycles. The van der Waals surface area contributed by atoms with E-state index in [0.29, 0.717) is 54.6 Å². The van der Waals surface area contributed by atoms with Crippen LogP contribution in [0, 0.1) is 6.92 Å². The average Bonchev–Trinajstić information content (AvgIpc) is 2.83. The molecular formula is C25H26ClN3O4. The number of hydrogen-bond acceptors (Lipinski definition) is 5. The van der Waals surface area contributed by atoms with Crippen molar-refractivity contribution in [1.29, 1.82) is 0 Å². The van der Waals surface area contributed by atoms with Crippen molar-refractivity contribution in [2.45, 2.75) is 20.3 Å². The average molecular weight is 468 g/mol. The molecule has 0 unspecified atom stereocenters. The number of carbonyl (C=O) groups excluding carboxylic acids is 2. The first-order valence-corrected chi connectivity index (χ1v) is 11.4. The van der Waals surface area contributed by atoms with Gasteiger partial charge in [0.1, 0.15) is 5.75 Å². The SMILES string of the molecule is CCCOC(=O)N1CCN(C(=O)c2ccc3c(Cl)cc(-c4ccc(C)c(O)c4)nc3c2)CC1. The highest BCUT2D eigenvalue weighted by Gasteiger charge is 2.26. The number of aryl methyl sites for hydroxylation is 1. The molecule has 1 N–H and O–H groups in total. The number of phenolic OH excluding ortho intramolecular Hbond substituents is 1. The second kappa shape index (κ2) is 9.67. The summed E-state index contributed by atoms with van der Waals surface area (Å²) in [5.74, 6) is 0.0712. The van der Waals surface area contributed by atoms with Crippen LogP contribution in [0.2, 0.25) is 5.02 Å². The first kappa shape index (κ1) is 22.9. The van der Waals surface area contributed by atoms with Gasteiger partial charge in [0.25, 0.3) is 5.91 Å². The maximum Gasteiger partial charge on any atom is 0.409 e. The standard InChI is InChI=1S/C25H26ClN3O4/c1-3-12-33-25(32)29-10-8-28(9-11-29)24(31)18-6-7-19-20(26)15-21(27-22(19)13-18)17-5-4-16(2)23(30)14-17/h4-7,13-15,30H,3,8-12H2,1-2H3. The molecule has 2 heterocycles. The van der Waals surface area contributed by atoms with Gasteiger partial charge in [-0.05, 0) is 43.2 Å². The second-order valence-corrected chi connectivity index (χ2v) is 8.52. The maximum atomic E-state index is 13.1. The number of pyridine rings is 1. The topological polar surface area (TPSA) is 83.0 Å². The summed E-state index contributed by atoms with van der Waals surface area (Å²) in [6.07, 6.45) is 0.444. The highest BCUT2D eigenvalue weighted by Crippen LogP contribution is 2.31. The highest BCUT2D eigenvalue weighted by atomic mass is 35.5. The number of carbonyl (C=O) groups is 2. The van der Waals surface area contributed by atoms with Gasteiger partial charge in [-0.1, -0.05) is 36.7 Å². The molecule has 1 aliphatic heterocycles. The predicted octanol–water partition coefficient (Wildman–Crippen LogP) is 4.87. The maximum absolute atomic E-state index is 13.1. The molecule has 0 radical (unpaired) electrons. The van der Waals surface area contributed by atoms with Gasteiger partial charge in [-0.15, -0.1) is 0 Å². The molecule has 33 heavy (non-hydrogen) atoms. The van der Waals surface area contributed by atoms with E-state index < -0.39 is 0 Å². The number of aromatic nitrogens is 1. The molecule has 2 aromatic carbocycles. The molecule has 4 rings (SSSR count). The zero-order valence-corrected chi connectivity index (χ0v) is 19.4. The summed E-state index contributed by atoms with van der Waals surface area (Å²) in [5, 5.41) is 11.3. The zero-order valence-electron chi connectivity index (χ0n) is 18.7. The molecular weight excluding hydrogens is 442 g/mol. The Morgan fingerprint density at radius 3 is 2.48 bits per heavy atom. The molecule has 0 bridgehead atoms. The van der Waals surface area contributed by atoms with E-state index in [0.717, 1.165) is 22.9 Å². The molecule has 0 atom stereocenters. The lowest BCUT2D eigenvalue weighted by Crippen LogP contribution is -2.50. The number of fused-ring (bicyclic) bond motifs is 1. The number of amides is 2. The van der Waals surface area contributed by atoms with Crippen molar-refractivity contribution in [3.05, 3.63) is 58.6 Å². The number of hydrogen-bond donors (Lipinski definition) is 1. The van der Waals surface area contributed by atoms with Crippen molar-refractivity contribution < 1.29 is 19.4 Å². The third-order valence-electron chi connectivity index (χ3n) is 5.77. The predicted molar refractivity (Wildman–Crippen MR) is 128 cm³/mol. The van der Waals surface area contributed by atoms with Crippen LogP contribution in [0.3, 0.4) is 0 Å². The second-order valence-electron chi connectivity index (χ2n) is 8.12. The Labute approximate surface area is 197 Å². The van der Waals surface area contributed by atoms with E-state index in [2.05, 4.69) is 0 Å². The van der Waals surface area contributed by atoms with Gasteiger partial charge in [0.15, 0.2) is 0 Å². The first-order chi connectivity index (χ1) is 15.9. The number of nitrogens with zero attached hydrogens (tertiary/aromatic N) is 3. The largest absolute Gasteiger partial charge is 0.508 e. The van der Waals surface area contributed by atoms with E-state index in [9.17, 15) is 14.7 Å². The molecule has 1 aliphatic rings. The lowest BCUT2D eigenvalue weighted by molar-refractivity contribution is 0.0560. The summed E-state index contributed by atoms with van der Waals surface area (Å²) in [6.45, 7) is 5.92. The fourth-order valence-corrected chi connectivity index (χ4v) is 4.05. The lowest BCUT2D eigenvalue weighted by Gasteiger charge is -2.34. The molecule has 3 aromatic rings. The molecule has 0 spiro atoms. The number of piperazine rings is 1. The van der Waals surface area contributed by atoms with Crippen LogP contribution in [0.5, 0.6) is 5.75 Å². The van der Waals surface area contributed by atoms with Crippen LogP contribution in [0.4, 0.5) is 4.79 Å². The smallest absolute Gasteiger partial charge is 0.409 e. The highest BCUT2D eigenvalue weighted by molar-refractivity contribution is 6.35. The van der Waals surface area contributed by atoms with Gasteiger partial charge in [0.05, 0.1) is 22.8 Å². The van der Waals surface area contributed by atoms with Gasteiger partial charge in [-0.2, -0.15) is 0 Å². The van der Waals surface area contributed by atoms with E-state index >= 15 is 0 Å². The van der Waals surface area contributed by atoms with E-state index in [1.165, 1.54) is 0 Å². The Bertz CT molecular complexity index is 1210. The summed E-state index contributed by atoms with van der Waals surface area (Å²) in [7, 11) is 0. The Kier molecular flexibility index (Phi) is 6.70. The quantitative estimate of drug-likeness (QED) is 0.591. The van der Waals surface area contributed by atoms with Gasteiger partial charge in [-0.25, -0.2) is 9.78 Å². The number of rotatable bonds is 4. The lowest BCUT2D eigenvalue weighted by atomic mass is 10.1. The van der Waals surface area contributed by atoms with E-state index in [4.69, 9.17) is 21.3 Å². The van der Waals surface area contributed by atoms with Crippen molar-refractivity contribution in [2.75, 3.05) is 32.8 Å². The van der Waals surface area contributed by atoms with Crippen molar-refractivity contribution in [3.63, 3.8) is 0 Å². The number of phenols is 1. The zero-order chi connectivity index (χ0) is 23.5. The van der Waals surface area contributed by atoms with Gasteiger partial charge < -0.3 is 19.6 Å². The first-order valence-electron chi connectivity index (χ1n) is 11.0. The van der Waals surface area contributed by atoms with Crippen LogP contribution in [0.15, 0.2) is 42.5 Å². The molecule has 0 saturated carbocycles. The molecule has 172 valence electrons. The van der Waals surface area contributed by atoms with Crippen molar-refractivity contribution in [1.82, 2.24) is 14.8 Å². The van der Waals surface area contributed by atoms with Crippen LogP contribution in [0.1, 0.15) is 29.3 Å². The molecule has 7 nitrogen and oxygen atoms in total. The van der Waals surface area contributed by atoms with Crippen LogP contribution in [-0.2, 0) is 4.74 Å². The van der Waals surface area contributed by atoms with Crippen LogP contribution >= 0.6 is 11.6 Å². The Morgan fingerprint density at radius 2 is 1.79 bits per heavy atom. The number of ether oxygens (including phenoxy) is 1. The number of benzene rings is 2. The minimum Gasteiger partial charge on any atom is -0.508 e. The Morgan fingerprint density at radius 1 is 1.06 bits per heavy atom. The van der Waals surface area contributed by atoms with Gasteiger partial charge in [-0.3, -0.25) is 4.79 Å².